The number of hydrogen-bond acceptors (Lipinski definition) is 3. The number of hydrogen-bond donors (Lipinski definition) is 2. The van der Waals surface area contributed by atoms with E-state index in [-0.39, 0.29) is 12.0 Å². The molecule has 1 saturated carbocycles. The Hall–Kier alpha value is -0.610. The second kappa shape index (κ2) is 6.21. The highest BCUT2D eigenvalue weighted by molar-refractivity contribution is 5.76. The number of ether oxygens (including phenoxy) is 1. The second-order valence-corrected chi connectivity index (χ2v) is 4.82. The lowest BCUT2D eigenvalue weighted by Gasteiger charge is -2.17. The summed E-state index contributed by atoms with van der Waals surface area (Å²) in [5, 5.41) is 2.99. The Morgan fingerprint density at radius 2 is 2.25 bits per heavy atom. The normalized spacial score (nSPS) is 19.2. The average molecular weight is 228 g/mol. The van der Waals surface area contributed by atoms with E-state index < -0.39 is 0 Å². The van der Waals surface area contributed by atoms with Crippen molar-refractivity contribution >= 4 is 5.91 Å². The third kappa shape index (κ3) is 4.10. The SMILES string of the molecule is CCCC1(CNC(=O)CC(CN)OC)CC1. The van der Waals surface area contributed by atoms with Crippen molar-refractivity contribution in [2.24, 2.45) is 11.1 Å². The Labute approximate surface area is 97.9 Å². The molecule has 1 aliphatic rings. The van der Waals surface area contributed by atoms with Crippen LogP contribution in [0.5, 0.6) is 0 Å². The van der Waals surface area contributed by atoms with Crippen LogP contribution in [-0.2, 0) is 9.53 Å². The largest absolute Gasteiger partial charge is 0.380 e. The zero-order valence-corrected chi connectivity index (χ0v) is 10.4. The fourth-order valence-corrected chi connectivity index (χ4v) is 2.05. The van der Waals surface area contributed by atoms with Crippen LogP contribution in [0.25, 0.3) is 0 Å². The molecule has 0 saturated heterocycles. The Bertz CT molecular complexity index is 223. The maximum absolute atomic E-state index is 11.6. The molecule has 16 heavy (non-hydrogen) atoms. The minimum atomic E-state index is -0.152. The minimum absolute atomic E-state index is 0.0553. The van der Waals surface area contributed by atoms with Gasteiger partial charge in [0.1, 0.15) is 0 Å². The molecule has 3 N–H and O–H groups in total. The van der Waals surface area contributed by atoms with Crippen LogP contribution < -0.4 is 11.1 Å². The summed E-state index contributed by atoms with van der Waals surface area (Å²) in [7, 11) is 1.59. The molecule has 1 atom stereocenters. The molecule has 0 radical (unpaired) electrons. The van der Waals surface area contributed by atoms with Crippen LogP contribution in [-0.4, -0.2) is 32.2 Å². The zero-order valence-electron chi connectivity index (χ0n) is 10.4. The molecule has 94 valence electrons. The van der Waals surface area contributed by atoms with Crippen LogP contribution >= 0.6 is 0 Å². The summed E-state index contributed by atoms with van der Waals surface area (Å²) < 4.78 is 5.08. The lowest BCUT2D eigenvalue weighted by Crippen LogP contribution is -2.35. The van der Waals surface area contributed by atoms with Gasteiger partial charge in [-0.3, -0.25) is 4.79 Å². The predicted molar refractivity (Wildman–Crippen MR) is 64.1 cm³/mol. The molecule has 1 aliphatic carbocycles. The number of rotatable bonds is 8. The first-order valence-corrected chi connectivity index (χ1v) is 6.15. The molecule has 0 aromatic heterocycles. The summed E-state index contributed by atoms with van der Waals surface area (Å²) in [5.41, 5.74) is 5.88. The summed E-state index contributed by atoms with van der Waals surface area (Å²) in [6.07, 6.45) is 5.14. The maximum Gasteiger partial charge on any atom is 0.222 e. The Kier molecular flexibility index (Phi) is 5.22. The van der Waals surface area contributed by atoms with E-state index >= 15 is 0 Å². The first-order valence-electron chi connectivity index (χ1n) is 6.15. The van der Waals surface area contributed by atoms with E-state index in [2.05, 4.69) is 12.2 Å². The van der Waals surface area contributed by atoms with Gasteiger partial charge in [0.05, 0.1) is 12.5 Å². The molecule has 0 aromatic rings. The van der Waals surface area contributed by atoms with Crippen molar-refractivity contribution < 1.29 is 9.53 Å². The third-order valence-corrected chi connectivity index (χ3v) is 3.41. The van der Waals surface area contributed by atoms with E-state index in [9.17, 15) is 4.79 Å². The number of carbonyl (C=O) groups excluding carboxylic acids is 1. The number of methoxy groups -OCH3 is 1. The van der Waals surface area contributed by atoms with Gasteiger partial charge in [0, 0.05) is 20.2 Å². The van der Waals surface area contributed by atoms with Crippen LogP contribution in [0.15, 0.2) is 0 Å². The van der Waals surface area contributed by atoms with Crippen LogP contribution in [0, 0.1) is 5.41 Å². The fourth-order valence-electron chi connectivity index (χ4n) is 2.05. The van der Waals surface area contributed by atoms with E-state index in [1.54, 1.807) is 7.11 Å². The van der Waals surface area contributed by atoms with Crippen molar-refractivity contribution in [2.75, 3.05) is 20.2 Å². The monoisotopic (exact) mass is 228 g/mol. The molecule has 4 nitrogen and oxygen atoms in total. The highest BCUT2D eigenvalue weighted by atomic mass is 16.5. The number of amides is 1. The van der Waals surface area contributed by atoms with Gasteiger partial charge in [0.15, 0.2) is 0 Å². The van der Waals surface area contributed by atoms with Crippen LogP contribution in [0.2, 0.25) is 0 Å². The molecule has 0 aromatic carbocycles. The van der Waals surface area contributed by atoms with Gasteiger partial charge in [0.2, 0.25) is 5.91 Å². The van der Waals surface area contributed by atoms with E-state index in [1.807, 2.05) is 0 Å². The highest BCUT2D eigenvalue weighted by Gasteiger charge is 2.41. The van der Waals surface area contributed by atoms with E-state index in [1.165, 1.54) is 25.7 Å². The van der Waals surface area contributed by atoms with Gasteiger partial charge in [-0.25, -0.2) is 0 Å². The highest BCUT2D eigenvalue weighted by Crippen LogP contribution is 2.48. The summed E-state index contributed by atoms with van der Waals surface area (Å²) in [6, 6.07) is 0. The van der Waals surface area contributed by atoms with Crippen LogP contribution in [0.4, 0.5) is 0 Å². The Balaban J connectivity index is 2.19. The molecule has 0 spiro atoms. The maximum atomic E-state index is 11.6. The fraction of sp³-hybridized carbons (Fsp3) is 0.917. The van der Waals surface area contributed by atoms with Crippen molar-refractivity contribution in [3.8, 4) is 0 Å². The van der Waals surface area contributed by atoms with Gasteiger partial charge in [-0.2, -0.15) is 0 Å². The lowest BCUT2D eigenvalue weighted by molar-refractivity contribution is -0.123. The first kappa shape index (κ1) is 13.5. The van der Waals surface area contributed by atoms with Crippen LogP contribution in [0.1, 0.15) is 39.0 Å². The third-order valence-electron chi connectivity index (χ3n) is 3.41. The lowest BCUT2D eigenvalue weighted by atomic mass is 10.0. The van der Waals surface area contributed by atoms with Gasteiger partial charge in [-0.1, -0.05) is 13.3 Å². The van der Waals surface area contributed by atoms with Gasteiger partial charge < -0.3 is 15.8 Å². The standard InChI is InChI=1S/C12H24N2O2/c1-3-4-12(5-6-12)9-14-11(15)7-10(8-13)16-2/h10H,3-9,13H2,1-2H3,(H,14,15). The van der Waals surface area contributed by atoms with Crippen LogP contribution in [0.3, 0.4) is 0 Å². The molecule has 1 rings (SSSR count). The Morgan fingerprint density at radius 3 is 2.69 bits per heavy atom. The number of nitrogens with one attached hydrogen (secondary N) is 1. The summed E-state index contributed by atoms with van der Waals surface area (Å²) >= 11 is 0. The summed E-state index contributed by atoms with van der Waals surface area (Å²) in [6.45, 7) is 3.40. The summed E-state index contributed by atoms with van der Waals surface area (Å²) in [4.78, 5) is 11.6. The van der Waals surface area contributed by atoms with Gasteiger partial charge in [-0.05, 0) is 24.7 Å². The first-order chi connectivity index (χ1) is 7.65. The number of carbonyl (C=O) groups is 1. The summed E-state index contributed by atoms with van der Waals surface area (Å²) in [5.74, 6) is 0.0553. The number of nitrogens with two attached hydrogens (primary N) is 1. The topological polar surface area (TPSA) is 64.4 Å². The van der Waals surface area contributed by atoms with Gasteiger partial charge in [0.25, 0.3) is 0 Å². The van der Waals surface area contributed by atoms with E-state index in [4.69, 9.17) is 10.5 Å². The van der Waals surface area contributed by atoms with Crippen molar-refractivity contribution in [1.29, 1.82) is 0 Å². The second-order valence-electron chi connectivity index (χ2n) is 4.82. The van der Waals surface area contributed by atoms with E-state index in [0.29, 0.717) is 18.4 Å². The van der Waals surface area contributed by atoms with Gasteiger partial charge in [-0.15, -0.1) is 0 Å². The predicted octanol–water partition coefficient (Wildman–Crippen LogP) is 1.05. The smallest absolute Gasteiger partial charge is 0.222 e. The molecule has 1 amide bonds. The molecule has 1 fully saturated rings. The molecule has 1 unspecified atom stereocenters. The minimum Gasteiger partial charge on any atom is -0.380 e. The van der Waals surface area contributed by atoms with Gasteiger partial charge >= 0.3 is 0 Å². The quantitative estimate of drug-likeness (QED) is 0.652. The Morgan fingerprint density at radius 1 is 1.56 bits per heavy atom. The van der Waals surface area contributed by atoms with Crippen molar-refractivity contribution in [2.45, 2.75) is 45.1 Å². The zero-order chi connectivity index (χ0) is 12.0. The molecule has 0 aliphatic heterocycles. The average Bonchev–Trinajstić information content (AvgIpc) is 3.04. The molecule has 4 heteroatoms. The van der Waals surface area contributed by atoms with Crippen molar-refractivity contribution in [3.05, 3.63) is 0 Å². The molecular weight excluding hydrogens is 204 g/mol. The van der Waals surface area contributed by atoms with E-state index in [0.717, 1.165) is 6.54 Å². The molecule has 0 bridgehead atoms. The van der Waals surface area contributed by atoms with Crippen molar-refractivity contribution in [1.82, 2.24) is 5.32 Å². The molecular formula is C12H24N2O2. The van der Waals surface area contributed by atoms with Crippen molar-refractivity contribution in [3.63, 3.8) is 0 Å². The molecule has 0 heterocycles.